The number of ether oxygens (including phenoxy) is 1. The molecule has 1 unspecified atom stereocenters. The fourth-order valence-corrected chi connectivity index (χ4v) is 2.98. The molecule has 1 heterocycles. The number of aromatic hydroxyl groups is 1. The SMILES string of the molecule is Oc1ccccc1N1CCN(CC(O)COc2ccc(F)cc2)CC1. The quantitative estimate of drug-likeness (QED) is 0.839. The second-order valence-corrected chi connectivity index (χ2v) is 6.20. The summed E-state index contributed by atoms with van der Waals surface area (Å²) in [5, 5.41) is 20.1. The van der Waals surface area contributed by atoms with E-state index in [1.54, 1.807) is 18.2 Å². The van der Waals surface area contributed by atoms with E-state index in [-0.39, 0.29) is 12.4 Å². The van der Waals surface area contributed by atoms with Gasteiger partial charge in [0.1, 0.15) is 30.0 Å². The molecule has 0 amide bonds. The van der Waals surface area contributed by atoms with Gasteiger partial charge in [-0.25, -0.2) is 4.39 Å². The second kappa shape index (κ2) is 8.18. The summed E-state index contributed by atoms with van der Waals surface area (Å²) in [6.45, 7) is 3.90. The summed E-state index contributed by atoms with van der Waals surface area (Å²) in [7, 11) is 0. The maximum Gasteiger partial charge on any atom is 0.138 e. The number of halogens is 1. The van der Waals surface area contributed by atoms with Crippen LogP contribution >= 0.6 is 0 Å². The first-order valence-electron chi connectivity index (χ1n) is 8.43. The Balaban J connectivity index is 1.42. The third kappa shape index (κ3) is 4.84. The maximum absolute atomic E-state index is 12.8. The van der Waals surface area contributed by atoms with Crippen molar-refractivity contribution in [2.24, 2.45) is 0 Å². The average molecular weight is 346 g/mol. The van der Waals surface area contributed by atoms with Gasteiger partial charge in [0, 0.05) is 32.7 Å². The van der Waals surface area contributed by atoms with Crippen molar-refractivity contribution in [2.45, 2.75) is 6.10 Å². The normalized spacial score (nSPS) is 16.6. The van der Waals surface area contributed by atoms with E-state index in [1.807, 2.05) is 18.2 Å². The van der Waals surface area contributed by atoms with Crippen LogP contribution in [0.5, 0.6) is 11.5 Å². The molecule has 1 saturated heterocycles. The van der Waals surface area contributed by atoms with Crippen LogP contribution in [0.4, 0.5) is 10.1 Å². The topological polar surface area (TPSA) is 56.2 Å². The minimum Gasteiger partial charge on any atom is -0.506 e. The minimum absolute atomic E-state index is 0.172. The van der Waals surface area contributed by atoms with Crippen molar-refractivity contribution >= 4 is 5.69 Å². The molecule has 0 radical (unpaired) electrons. The Morgan fingerprint density at radius 1 is 1.00 bits per heavy atom. The van der Waals surface area contributed by atoms with Gasteiger partial charge in [0.25, 0.3) is 0 Å². The number of para-hydroxylation sites is 2. The van der Waals surface area contributed by atoms with E-state index >= 15 is 0 Å². The number of β-amino-alcohol motifs (C(OH)–C–C–N with tert-alkyl or cyclic N) is 1. The van der Waals surface area contributed by atoms with Gasteiger partial charge in [-0.2, -0.15) is 0 Å². The highest BCUT2D eigenvalue weighted by Crippen LogP contribution is 2.27. The second-order valence-electron chi connectivity index (χ2n) is 6.20. The Morgan fingerprint density at radius 3 is 2.36 bits per heavy atom. The van der Waals surface area contributed by atoms with E-state index in [0.717, 1.165) is 31.9 Å². The zero-order chi connectivity index (χ0) is 17.6. The smallest absolute Gasteiger partial charge is 0.138 e. The molecule has 2 aromatic rings. The Bertz CT molecular complexity index is 673. The largest absolute Gasteiger partial charge is 0.506 e. The lowest BCUT2D eigenvalue weighted by Gasteiger charge is -2.37. The predicted octanol–water partition coefficient (Wildman–Crippen LogP) is 2.09. The van der Waals surface area contributed by atoms with Crippen molar-refractivity contribution in [3.05, 3.63) is 54.3 Å². The van der Waals surface area contributed by atoms with Crippen LogP contribution in [0.2, 0.25) is 0 Å². The van der Waals surface area contributed by atoms with Gasteiger partial charge in [-0.15, -0.1) is 0 Å². The van der Waals surface area contributed by atoms with Crippen LogP contribution in [-0.4, -0.2) is 60.5 Å². The van der Waals surface area contributed by atoms with Crippen molar-refractivity contribution in [3.63, 3.8) is 0 Å². The molecule has 1 fully saturated rings. The van der Waals surface area contributed by atoms with E-state index in [9.17, 15) is 14.6 Å². The molecule has 134 valence electrons. The third-order valence-electron chi connectivity index (χ3n) is 4.32. The number of hydrogen-bond donors (Lipinski definition) is 2. The molecule has 25 heavy (non-hydrogen) atoms. The molecule has 1 atom stereocenters. The summed E-state index contributed by atoms with van der Waals surface area (Å²) in [6.07, 6.45) is -0.610. The zero-order valence-corrected chi connectivity index (χ0v) is 14.0. The summed E-state index contributed by atoms with van der Waals surface area (Å²) >= 11 is 0. The molecule has 0 bridgehead atoms. The van der Waals surface area contributed by atoms with Gasteiger partial charge < -0.3 is 19.8 Å². The van der Waals surface area contributed by atoms with Gasteiger partial charge in [-0.3, -0.25) is 4.90 Å². The van der Waals surface area contributed by atoms with E-state index in [4.69, 9.17) is 4.74 Å². The molecule has 5 nitrogen and oxygen atoms in total. The van der Waals surface area contributed by atoms with Crippen molar-refractivity contribution < 1.29 is 19.3 Å². The van der Waals surface area contributed by atoms with Crippen LogP contribution < -0.4 is 9.64 Å². The highest BCUT2D eigenvalue weighted by molar-refractivity contribution is 5.57. The van der Waals surface area contributed by atoms with Gasteiger partial charge in [-0.1, -0.05) is 12.1 Å². The number of anilines is 1. The summed E-state index contributed by atoms with van der Waals surface area (Å²) in [5.41, 5.74) is 0.849. The predicted molar refractivity (Wildman–Crippen MR) is 94.7 cm³/mol. The highest BCUT2D eigenvalue weighted by atomic mass is 19.1. The Morgan fingerprint density at radius 2 is 1.68 bits per heavy atom. The Kier molecular flexibility index (Phi) is 5.73. The first-order chi connectivity index (χ1) is 12.1. The molecule has 0 saturated carbocycles. The van der Waals surface area contributed by atoms with Crippen LogP contribution in [0.15, 0.2) is 48.5 Å². The van der Waals surface area contributed by atoms with Crippen molar-refractivity contribution in [1.29, 1.82) is 0 Å². The third-order valence-corrected chi connectivity index (χ3v) is 4.32. The van der Waals surface area contributed by atoms with Gasteiger partial charge in [0.05, 0.1) is 5.69 Å². The maximum atomic E-state index is 12.8. The molecule has 1 aliphatic heterocycles. The van der Waals surface area contributed by atoms with Crippen LogP contribution in [0.3, 0.4) is 0 Å². The van der Waals surface area contributed by atoms with Gasteiger partial charge >= 0.3 is 0 Å². The lowest BCUT2D eigenvalue weighted by molar-refractivity contribution is 0.0662. The van der Waals surface area contributed by atoms with Gasteiger partial charge in [0.2, 0.25) is 0 Å². The Labute approximate surface area is 146 Å². The molecular formula is C19H23FN2O3. The lowest BCUT2D eigenvalue weighted by Crippen LogP contribution is -2.49. The fraction of sp³-hybridized carbons (Fsp3) is 0.368. The Hall–Kier alpha value is -2.31. The summed E-state index contributed by atoms with van der Waals surface area (Å²) in [6, 6.07) is 13.1. The van der Waals surface area contributed by atoms with Crippen LogP contribution in [0.1, 0.15) is 0 Å². The van der Waals surface area contributed by atoms with Gasteiger partial charge in [-0.05, 0) is 36.4 Å². The molecule has 0 spiro atoms. The standard InChI is InChI=1S/C19H23FN2O3/c20-15-5-7-17(8-6-15)25-14-16(23)13-21-9-11-22(12-10-21)18-3-1-2-4-19(18)24/h1-8,16,23-24H,9-14H2. The fourth-order valence-electron chi connectivity index (χ4n) is 2.98. The summed E-state index contributed by atoms with van der Waals surface area (Å²) in [4.78, 5) is 4.32. The molecule has 3 rings (SSSR count). The number of piperazine rings is 1. The van der Waals surface area contributed by atoms with Crippen molar-refractivity contribution in [2.75, 3.05) is 44.2 Å². The number of aliphatic hydroxyl groups excluding tert-OH is 1. The van der Waals surface area contributed by atoms with E-state index < -0.39 is 6.10 Å². The average Bonchev–Trinajstić information content (AvgIpc) is 2.62. The summed E-state index contributed by atoms with van der Waals surface area (Å²) in [5.74, 6) is 0.531. The number of hydrogen-bond acceptors (Lipinski definition) is 5. The first kappa shape index (κ1) is 17.5. The molecule has 0 aliphatic carbocycles. The first-order valence-corrected chi connectivity index (χ1v) is 8.43. The number of benzene rings is 2. The molecule has 6 heteroatoms. The van der Waals surface area contributed by atoms with E-state index in [0.29, 0.717) is 18.0 Å². The molecule has 2 N–H and O–H groups in total. The highest BCUT2D eigenvalue weighted by Gasteiger charge is 2.21. The van der Waals surface area contributed by atoms with Crippen LogP contribution in [0, 0.1) is 5.82 Å². The number of phenolic OH excluding ortho intramolecular Hbond substituents is 1. The summed E-state index contributed by atoms with van der Waals surface area (Å²) < 4.78 is 18.3. The molecule has 2 aromatic carbocycles. The molecule has 1 aliphatic rings. The van der Waals surface area contributed by atoms with Crippen LogP contribution in [-0.2, 0) is 0 Å². The number of rotatable bonds is 6. The van der Waals surface area contributed by atoms with Crippen molar-refractivity contribution in [3.8, 4) is 11.5 Å². The van der Waals surface area contributed by atoms with E-state index in [2.05, 4.69) is 9.80 Å². The zero-order valence-electron chi connectivity index (χ0n) is 14.0. The van der Waals surface area contributed by atoms with Crippen molar-refractivity contribution in [1.82, 2.24) is 4.90 Å². The number of nitrogens with zero attached hydrogens (tertiary/aromatic N) is 2. The number of phenols is 1. The van der Waals surface area contributed by atoms with Gasteiger partial charge in [0.15, 0.2) is 0 Å². The van der Waals surface area contributed by atoms with Crippen LogP contribution in [0.25, 0.3) is 0 Å². The lowest BCUT2D eigenvalue weighted by atomic mass is 10.2. The monoisotopic (exact) mass is 346 g/mol. The molecule has 0 aromatic heterocycles. The number of aliphatic hydroxyl groups is 1. The minimum atomic E-state index is -0.610. The molecular weight excluding hydrogens is 323 g/mol. The van der Waals surface area contributed by atoms with E-state index in [1.165, 1.54) is 12.1 Å².